The van der Waals surface area contributed by atoms with Crippen LogP contribution in [0.15, 0.2) is 24.3 Å². The van der Waals surface area contributed by atoms with Crippen LogP contribution in [0.1, 0.15) is 42.7 Å². The second-order valence-corrected chi connectivity index (χ2v) is 4.38. The van der Waals surface area contributed by atoms with Gasteiger partial charge in [0.2, 0.25) is 0 Å². The molecule has 0 N–H and O–H groups in total. The largest absolute Gasteiger partial charge is 0.416 e. The number of ketones is 1. The fourth-order valence-corrected chi connectivity index (χ4v) is 2.24. The van der Waals surface area contributed by atoms with E-state index < -0.39 is 11.7 Å². The Labute approximate surface area is 97.6 Å². The Bertz CT molecular complexity index is 406. The van der Waals surface area contributed by atoms with E-state index in [9.17, 15) is 18.0 Å². The maximum absolute atomic E-state index is 12.4. The van der Waals surface area contributed by atoms with E-state index in [2.05, 4.69) is 0 Å². The molecule has 1 aromatic carbocycles. The lowest BCUT2D eigenvalue weighted by atomic mass is 9.83. The third-order valence-corrected chi connectivity index (χ3v) is 3.20. The minimum atomic E-state index is -4.31. The number of rotatable bonds is 1. The van der Waals surface area contributed by atoms with Crippen molar-refractivity contribution in [3.63, 3.8) is 0 Å². The van der Waals surface area contributed by atoms with Gasteiger partial charge in [0, 0.05) is 12.3 Å². The standard InChI is InChI=1S/C13H13F3O/c14-13(15,16)10-7-5-9(6-8-10)11-3-1-2-4-12(11)17/h5-8,11H,1-4H2/t11-/m1/s1. The highest BCUT2D eigenvalue weighted by Crippen LogP contribution is 2.33. The monoisotopic (exact) mass is 242 g/mol. The summed E-state index contributed by atoms with van der Waals surface area (Å²) in [6.07, 6.45) is -1.14. The molecule has 0 spiro atoms. The van der Waals surface area contributed by atoms with Crippen LogP contribution in [0.2, 0.25) is 0 Å². The summed E-state index contributed by atoms with van der Waals surface area (Å²) in [6, 6.07) is 4.96. The fraction of sp³-hybridized carbons (Fsp3) is 0.462. The van der Waals surface area contributed by atoms with Crippen LogP contribution in [-0.4, -0.2) is 5.78 Å². The number of Topliss-reactive ketones (excluding diaryl/α,β-unsaturated/α-hetero) is 1. The van der Waals surface area contributed by atoms with Crippen molar-refractivity contribution in [3.8, 4) is 0 Å². The van der Waals surface area contributed by atoms with Crippen LogP contribution in [0.25, 0.3) is 0 Å². The molecule has 0 heterocycles. The Morgan fingerprint density at radius 2 is 1.71 bits per heavy atom. The molecule has 1 aromatic rings. The molecule has 1 atom stereocenters. The summed E-state index contributed by atoms with van der Waals surface area (Å²) in [5.41, 5.74) is 0.0483. The first-order chi connectivity index (χ1) is 7.98. The molecular weight excluding hydrogens is 229 g/mol. The molecule has 2 rings (SSSR count). The first-order valence-electron chi connectivity index (χ1n) is 5.68. The molecule has 1 aliphatic carbocycles. The van der Waals surface area contributed by atoms with Crippen LogP contribution in [0, 0.1) is 0 Å². The summed E-state index contributed by atoms with van der Waals surface area (Å²) in [6.45, 7) is 0. The van der Waals surface area contributed by atoms with Gasteiger partial charge in [-0.3, -0.25) is 4.79 Å². The van der Waals surface area contributed by atoms with Gasteiger partial charge in [-0.05, 0) is 30.5 Å². The number of carbonyl (C=O) groups is 1. The zero-order valence-electron chi connectivity index (χ0n) is 9.26. The fourth-order valence-electron chi connectivity index (χ4n) is 2.24. The molecule has 0 amide bonds. The Morgan fingerprint density at radius 1 is 1.06 bits per heavy atom. The van der Waals surface area contributed by atoms with Crippen molar-refractivity contribution in [1.82, 2.24) is 0 Å². The van der Waals surface area contributed by atoms with Crippen molar-refractivity contribution >= 4 is 5.78 Å². The second kappa shape index (κ2) is 4.51. The third kappa shape index (κ3) is 2.68. The average Bonchev–Trinajstić information content (AvgIpc) is 2.29. The summed E-state index contributed by atoms with van der Waals surface area (Å²) in [5, 5.41) is 0. The van der Waals surface area contributed by atoms with Gasteiger partial charge in [-0.2, -0.15) is 13.2 Å². The molecule has 1 nitrogen and oxygen atoms in total. The molecule has 1 aliphatic rings. The van der Waals surface area contributed by atoms with Crippen molar-refractivity contribution in [2.45, 2.75) is 37.8 Å². The van der Waals surface area contributed by atoms with Gasteiger partial charge in [0.1, 0.15) is 5.78 Å². The smallest absolute Gasteiger partial charge is 0.299 e. The molecule has 17 heavy (non-hydrogen) atoms. The first-order valence-corrected chi connectivity index (χ1v) is 5.68. The SMILES string of the molecule is O=C1CCCC[C@@H]1c1ccc(C(F)(F)F)cc1. The molecule has 92 valence electrons. The van der Waals surface area contributed by atoms with Gasteiger partial charge >= 0.3 is 6.18 Å². The molecule has 4 heteroatoms. The molecule has 1 saturated carbocycles. The molecule has 0 aromatic heterocycles. The highest BCUT2D eigenvalue weighted by Gasteiger charge is 2.31. The topological polar surface area (TPSA) is 17.1 Å². The predicted octanol–water partition coefficient (Wildman–Crippen LogP) is 3.93. The van der Waals surface area contributed by atoms with Gasteiger partial charge in [0.05, 0.1) is 5.56 Å². The number of benzene rings is 1. The number of hydrogen-bond acceptors (Lipinski definition) is 1. The quantitative estimate of drug-likeness (QED) is 0.729. The van der Waals surface area contributed by atoms with Crippen LogP contribution in [0.3, 0.4) is 0 Å². The molecule has 0 saturated heterocycles. The van der Waals surface area contributed by atoms with E-state index in [1.54, 1.807) is 0 Å². The van der Waals surface area contributed by atoms with Crippen molar-refractivity contribution in [2.24, 2.45) is 0 Å². The van der Waals surface area contributed by atoms with Crippen molar-refractivity contribution in [2.75, 3.05) is 0 Å². The van der Waals surface area contributed by atoms with Crippen molar-refractivity contribution in [1.29, 1.82) is 0 Å². The highest BCUT2D eigenvalue weighted by atomic mass is 19.4. The molecule has 0 unspecified atom stereocenters. The normalized spacial score (nSPS) is 21.6. The molecule has 1 fully saturated rings. The Kier molecular flexibility index (Phi) is 3.22. The minimum Gasteiger partial charge on any atom is -0.299 e. The van der Waals surface area contributed by atoms with Crippen molar-refractivity contribution in [3.05, 3.63) is 35.4 Å². The second-order valence-electron chi connectivity index (χ2n) is 4.38. The summed E-state index contributed by atoms with van der Waals surface area (Å²) < 4.78 is 37.1. The van der Waals surface area contributed by atoms with Gasteiger partial charge in [-0.25, -0.2) is 0 Å². The lowest BCUT2D eigenvalue weighted by Crippen LogP contribution is -2.17. The molecule has 0 aliphatic heterocycles. The molecule has 0 radical (unpaired) electrons. The zero-order chi connectivity index (χ0) is 12.5. The number of alkyl halides is 3. The number of halogens is 3. The highest BCUT2D eigenvalue weighted by molar-refractivity contribution is 5.86. The Hall–Kier alpha value is -1.32. The minimum absolute atomic E-state index is 0.149. The summed E-state index contributed by atoms with van der Waals surface area (Å²) in [5.74, 6) is -0.0537. The summed E-state index contributed by atoms with van der Waals surface area (Å²) in [4.78, 5) is 11.7. The molecule has 0 bridgehead atoms. The Morgan fingerprint density at radius 3 is 2.24 bits per heavy atom. The first kappa shape index (κ1) is 12.1. The predicted molar refractivity (Wildman–Crippen MR) is 57.7 cm³/mol. The summed E-state index contributed by atoms with van der Waals surface area (Å²) >= 11 is 0. The Balaban J connectivity index is 2.20. The van der Waals surface area contributed by atoms with E-state index in [1.807, 2.05) is 0 Å². The van der Waals surface area contributed by atoms with Crippen LogP contribution >= 0.6 is 0 Å². The van der Waals surface area contributed by atoms with Crippen LogP contribution in [0.5, 0.6) is 0 Å². The van der Waals surface area contributed by atoms with Gasteiger partial charge in [0.25, 0.3) is 0 Å². The zero-order valence-corrected chi connectivity index (χ0v) is 9.26. The van der Waals surface area contributed by atoms with Crippen LogP contribution in [-0.2, 0) is 11.0 Å². The van der Waals surface area contributed by atoms with Crippen molar-refractivity contribution < 1.29 is 18.0 Å². The van der Waals surface area contributed by atoms with Crippen LogP contribution in [0.4, 0.5) is 13.2 Å². The van der Waals surface area contributed by atoms with E-state index in [0.29, 0.717) is 12.0 Å². The lowest BCUT2D eigenvalue weighted by Gasteiger charge is -2.21. The van der Waals surface area contributed by atoms with Crippen LogP contribution < -0.4 is 0 Å². The molecular formula is C13H13F3O. The van der Waals surface area contributed by atoms with Gasteiger partial charge in [-0.1, -0.05) is 18.6 Å². The van der Waals surface area contributed by atoms with E-state index >= 15 is 0 Å². The average molecular weight is 242 g/mol. The van der Waals surface area contributed by atoms with E-state index in [0.717, 1.165) is 31.4 Å². The van der Waals surface area contributed by atoms with Gasteiger partial charge in [0.15, 0.2) is 0 Å². The number of carbonyl (C=O) groups excluding carboxylic acids is 1. The maximum atomic E-state index is 12.4. The van der Waals surface area contributed by atoms with Gasteiger partial charge < -0.3 is 0 Å². The summed E-state index contributed by atoms with van der Waals surface area (Å²) in [7, 11) is 0. The number of hydrogen-bond donors (Lipinski definition) is 0. The van der Waals surface area contributed by atoms with E-state index in [1.165, 1.54) is 12.1 Å². The van der Waals surface area contributed by atoms with Gasteiger partial charge in [-0.15, -0.1) is 0 Å². The van der Waals surface area contributed by atoms with E-state index in [4.69, 9.17) is 0 Å². The maximum Gasteiger partial charge on any atom is 0.416 e. The lowest BCUT2D eigenvalue weighted by molar-refractivity contribution is -0.137. The van der Waals surface area contributed by atoms with E-state index in [-0.39, 0.29) is 11.7 Å². The third-order valence-electron chi connectivity index (χ3n) is 3.20.